The number of nitrogens with zero attached hydrogens (tertiary/aromatic N) is 1. The van der Waals surface area contributed by atoms with E-state index in [1.807, 2.05) is 4.72 Å². The largest absolute Gasteiger partial charge is 0.345 e. The van der Waals surface area contributed by atoms with Gasteiger partial charge >= 0.3 is 0 Å². The number of benzene rings is 1. The molecule has 0 aliphatic carbocycles. The van der Waals surface area contributed by atoms with Crippen molar-refractivity contribution in [2.45, 2.75) is 13.3 Å². The van der Waals surface area contributed by atoms with Crippen LogP contribution in [0, 0.1) is 11.6 Å². The summed E-state index contributed by atoms with van der Waals surface area (Å²) in [6.07, 6.45) is 0.465. The summed E-state index contributed by atoms with van der Waals surface area (Å²) < 4.78 is 69.9. The first-order chi connectivity index (χ1) is 13.4. The normalized spacial score (nSPS) is 13.3. The number of sulfonamides is 1. The second kappa shape index (κ2) is 7.24. The van der Waals surface area contributed by atoms with Gasteiger partial charge in [0.25, 0.3) is 0 Å². The number of hydrogen-bond donors (Lipinski definition) is 2. The first-order valence-electron chi connectivity index (χ1n) is 8.54. The second-order valence-corrected chi connectivity index (χ2v) is 7.74. The van der Waals surface area contributed by atoms with Crippen molar-refractivity contribution in [1.29, 1.82) is 0 Å². The van der Waals surface area contributed by atoms with Gasteiger partial charge in [-0.15, -0.1) is 0 Å². The first-order valence-corrected chi connectivity index (χ1v) is 9.57. The Bertz CT molecular complexity index is 1230. The van der Waals surface area contributed by atoms with Crippen molar-refractivity contribution in [3.63, 3.8) is 0 Å². The molecule has 0 saturated carbocycles. The zero-order valence-corrected chi connectivity index (χ0v) is 15.4. The van der Waals surface area contributed by atoms with Gasteiger partial charge in [0.2, 0.25) is 15.8 Å². The van der Waals surface area contributed by atoms with Gasteiger partial charge in [-0.3, -0.25) is 9.52 Å². The van der Waals surface area contributed by atoms with Crippen molar-refractivity contribution < 1.29 is 24.7 Å². The molecule has 2 heterocycles. The average molecular weight is 416 g/mol. The predicted octanol–water partition coefficient (Wildman–Crippen LogP) is 3.88. The number of ketones is 1. The number of carbonyl (C=O) groups excluding carboxylic acids is 1. The van der Waals surface area contributed by atoms with E-state index in [1.54, 1.807) is 0 Å². The monoisotopic (exact) mass is 415 g/mol. The topological polar surface area (TPSA) is 91.9 Å². The maximum Gasteiger partial charge on any atom is 0.232 e. The molecule has 0 radical (unpaired) electrons. The van der Waals surface area contributed by atoms with E-state index < -0.39 is 50.8 Å². The molecule has 3 rings (SSSR count). The van der Waals surface area contributed by atoms with Gasteiger partial charge in [-0.05, 0) is 24.6 Å². The molecule has 10 heteroatoms. The second-order valence-electron chi connectivity index (χ2n) is 5.58. The Hall–Kier alpha value is -2.52. The molecule has 2 N–H and O–H groups in total. The molecular weight excluding hydrogens is 400 g/mol. The van der Waals surface area contributed by atoms with Crippen molar-refractivity contribution in [3.8, 4) is 0 Å². The van der Waals surface area contributed by atoms with Crippen LogP contribution in [-0.4, -0.2) is 29.9 Å². The number of nitrogens with one attached hydrogen (secondary N) is 2. The smallest absolute Gasteiger partial charge is 0.232 e. The minimum absolute atomic E-state index is 0.0994. The van der Waals surface area contributed by atoms with Crippen LogP contribution in [0.4, 0.5) is 14.5 Å². The summed E-state index contributed by atoms with van der Waals surface area (Å²) in [5, 5.41) is 0.453. The van der Waals surface area contributed by atoms with Crippen LogP contribution in [0.2, 0.25) is 5.02 Å². The van der Waals surface area contributed by atoms with Gasteiger partial charge in [0.15, 0.2) is 5.82 Å². The van der Waals surface area contributed by atoms with Crippen LogP contribution in [0.15, 0.2) is 30.6 Å². The van der Waals surface area contributed by atoms with Gasteiger partial charge in [0.05, 0.1) is 22.0 Å². The summed E-state index contributed by atoms with van der Waals surface area (Å²) in [4.78, 5) is 19.5. The van der Waals surface area contributed by atoms with Crippen LogP contribution in [0.1, 0.15) is 32.0 Å². The minimum Gasteiger partial charge on any atom is -0.345 e. The molecule has 6 nitrogen and oxygen atoms in total. The maximum absolute atomic E-state index is 14.9. The van der Waals surface area contributed by atoms with E-state index in [1.165, 1.54) is 18.5 Å². The van der Waals surface area contributed by atoms with Gasteiger partial charge in [-0.1, -0.05) is 18.5 Å². The van der Waals surface area contributed by atoms with Gasteiger partial charge in [0, 0.05) is 26.1 Å². The lowest BCUT2D eigenvalue weighted by Crippen LogP contribution is -2.18. The highest BCUT2D eigenvalue weighted by Crippen LogP contribution is 2.28. The van der Waals surface area contributed by atoms with Crippen LogP contribution in [0.25, 0.3) is 11.0 Å². The molecule has 0 amide bonds. The summed E-state index contributed by atoms with van der Waals surface area (Å²) in [5.74, 6) is -4.60. The number of aromatic nitrogens is 2. The Morgan fingerprint density at radius 1 is 1.41 bits per heavy atom. The van der Waals surface area contributed by atoms with E-state index in [9.17, 15) is 22.0 Å². The lowest BCUT2D eigenvalue weighted by atomic mass is 10.0. The van der Waals surface area contributed by atoms with Crippen molar-refractivity contribution in [2.24, 2.45) is 0 Å². The SMILES string of the molecule is [2H]C([2H])(C)CS(=O)(=O)Nc1ccc(F)c(C(=O)c2c[nH]c3ncc(Cl)cc23)c1F. The molecule has 0 aliphatic rings. The molecule has 0 fully saturated rings. The standard InChI is InChI=1S/C17H14ClF2N3O3S/c1-2-5-27(25,26)23-13-4-3-12(19)14(15(13)20)16(24)11-8-22-17-10(11)6-9(18)7-21-17/h3-4,6-8,23H,2,5H2,1H3,(H,21,22)/i2D2. The highest BCUT2D eigenvalue weighted by Gasteiger charge is 2.25. The Kier molecular flexibility index (Phi) is 4.46. The summed E-state index contributed by atoms with van der Waals surface area (Å²) in [6.45, 7) is 1.04. The summed E-state index contributed by atoms with van der Waals surface area (Å²) in [7, 11) is -4.30. The summed E-state index contributed by atoms with van der Waals surface area (Å²) >= 11 is 5.87. The van der Waals surface area contributed by atoms with Crippen LogP contribution in [0.5, 0.6) is 0 Å². The fourth-order valence-corrected chi connectivity index (χ4v) is 3.64. The zero-order chi connectivity index (χ0) is 21.6. The molecular formula is C17H14ClF2N3O3S. The molecule has 1 aromatic carbocycles. The molecule has 0 atom stereocenters. The van der Waals surface area contributed by atoms with Gasteiger partial charge in [-0.25, -0.2) is 22.2 Å². The van der Waals surface area contributed by atoms with Gasteiger partial charge < -0.3 is 4.98 Å². The number of halogens is 3. The maximum atomic E-state index is 14.9. The first kappa shape index (κ1) is 16.6. The lowest BCUT2D eigenvalue weighted by molar-refractivity contribution is 0.103. The summed E-state index contributed by atoms with van der Waals surface area (Å²) in [5.41, 5.74) is -1.46. The minimum atomic E-state index is -4.30. The molecule has 0 aliphatic heterocycles. The molecule has 0 spiro atoms. The number of pyridine rings is 1. The fraction of sp³-hybridized carbons (Fsp3) is 0.176. The third-order valence-electron chi connectivity index (χ3n) is 3.66. The number of carbonyl (C=O) groups is 1. The van der Waals surface area contributed by atoms with Crippen molar-refractivity contribution in [2.75, 3.05) is 10.5 Å². The van der Waals surface area contributed by atoms with E-state index in [-0.39, 0.29) is 21.6 Å². The quantitative estimate of drug-likeness (QED) is 0.597. The van der Waals surface area contributed by atoms with Crippen LogP contribution in [-0.2, 0) is 10.0 Å². The van der Waals surface area contributed by atoms with Crippen molar-refractivity contribution in [3.05, 3.63) is 58.4 Å². The summed E-state index contributed by atoms with van der Waals surface area (Å²) in [6, 6.07) is 2.96. The Labute approximate surface area is 161 Å². The van der Waals surface area contributed by atoms with Gasteiger partial charge in [-0.2, -0.15) is 0 Å². The van der Waals surface area contributed by atoms with E-state index >= 15 is 0 Å². The number of anilines is 1. The highest BCUT2D eigenvalue weighted by molar-refractivity contribution is 7.92. The number of H-pyrrole nitrogens is 1. The number of rotatable bonds is 6. The fourth-order valence-electron chi connectivity index (χ4n) is 2.53. The van der Waals surface area contributed by atoms with Gasteiger partial charge in [0.1, 0.15) is 11.5 Å². The Morgan fingerprint density at radius 2 is 2.15 bits per heavy atom. The van der Waals surface area contributed by atoms with E-state index in [4.69, 9.17) is 14.3 Å². The molecule has 142 valence electrons. The zero-order valence-electron chi connectivity index (χ0n) is 15.8. The Balaban J connectivity index is 2.05. The van der Waals surface area contributed by atoms with Crippen LogP contribution in [0.3, 0.4) is 0 Å². The Morgan fingerprint density at radius 3 is 2.85 bits per heavy atom. The molecule has 27 heavy (non-hydrogen) atoms. The van der Waals surface area contributed by atoms with Crippen LogP contribution >= 0.6 is 11.6 Å². The molecule has 0 unspecified atom stereocenters. The molecule has 2 aromatic heterocycles. The number of hydrogen-bond acceptors (Lipinski definition) is 4. The number of fused-ring (bicyclic) bond motifs is 1. The highest BCUT2D eigenvalue weighted by atomic mass is 35.5. The number of aromatic amines is 1. The van der Waals surface area contributed by atoms with Crippen LogP contribution < -0.4 is 4.72 Å². The van der Waals surface area contributed by atoms with Crippen molar-refractivity contribution in [1.82, 2.24) is 9.97 Å². The predicted molar refractivity (Wildman–Crippen MR) is 98.6 cm³/mol. The molecule has 0 bridgehead atoms. The van der Waals surface area contributed by atoms with E-state index in [2.05, 4.69) is 9.97 Å². The molecule has 3 aromatic rings. The third kappa shape index (κ3) is 3.79. The van der Waals surface area contributed by atoms with E-state index in [0.29, 0.717) is 0 Å². The van der Waals surface area contributed by atoms with Crippen molar-refractivity contribution >= 4 is 44.1 Å². The third-order valence-corrected chi connectivity index (χ3v) is 5.07. The lowest BCUT2D eigenvalue weighted by Gasteiger charge is -2.11. The molecule has 0 saturated heterocycles. The van der Waals surface area contributed by atoms with E-state index in [0.717, 1.165) is 19.1 Å². The average Bonchev–Trinajstić information content (AvgIpc) is 2.98.